The van der Waals surface area contributed by atoms with Gasteiger partial charge in [0.25, 0.3) is 5.91 Å². The molecule has 1 saturated heterocycles. The number of fused-ring (bicyclic) bond motifs is 1. The lowest BCUT2D eigenvalue weighted by Crippen LogP contribution is -2.51. The van der Waals surface area contributed by atoms with Crippen LogP contribution in [0.4, 0.5) is 0 Å². The number of nitrogens with one attached hydrogen (secondary N) is 2. The highest BCUT2D eigenvalue weighted by Gasteiger charge is 2.25. The Morgan fingerprint density at radius 3 is 2.95 bits per heavy atom. The number of piperidine rings is 1. The summed E-state index contributed by atoms with van der Waals surface area (Å²) in [5.41, 5.74) is 0.527. The van der Waals surface area contributed by atoms with Gasteiger partial charge >= 0.3 is 0 Å². The first-order valence-corrected chi connectivity index (χ1v) is 7.71. The third-order valence-electron chi connectivity index (χ3n) is 4.17. The van der Waals surface area contributed by atoms with Gasteiger partial charge in [0, 0.05) is 17.6 Å². The van der Waals surface area contributed by atoms with Crippen molar-refractivity contribution >= 4 is 5.91 Å². The molecule has 3 rings (SSSR count). The van der Waals surface area contributed by atoms with Gasteiger partial charge in [0.05, 0.1) is 7.11 Å². The lowest BCUT2D eigenvalue weighted by molar-refractivity contribution is 0.0918. The normalized spacial score (nSPS) is 23.7. The van der Waals surface area contributed by atoms with Gasteiger partial charge < -0.3 is 24.8 Å². The minimum atomic E-state index is -0.115. The van der Waals surface area contributed by atoms with E-state index in [1.165, 1.54) is 0 Å². The molecule has 2 aliphatic heterocycles. The van der Waals surface area contributed by atoms with E-state index in [0.717, 1.165) is 19.4 Å². The molecule has 2 atom stereocenters. The van der Waals surface area contributed by atoms with Gasteiger partial charge in [-0.3, -0.25) is 4.79 Å². The first-order valence-electron chi connectivity index (χ1n) is 7.71. The predicted molar refractivity (Wildman–Crippen MR) is 81.9 cm³/mol. The van der Waals surface area contributed by atoms with E-state index in [-0.39, 0.29) is 18.0 Å². The predicted octanol–water partition coefficient (Wildman–Crippen LogP) is 1.34. The zero-order valence-corrected chi connectivity index (χ0v) is 13.0. The van der Waals surface area contributed by atoms with Crippen molar-refractivity contribution in [1.29, 1.82) is 0 Å². The van der Waals surface area contributed by atoms with E-state index in [0.29, 0.717) is 36.0 Å². The molecular formula is C16H22N2O4. The minimum absolute atomic E-state index is 0.115. The van der Waals surface area contributed by atoms with Crippen LogP contribution in [0.2, 0.25) is 0 Å². The first-order chi connectivity index (χ1) is 10.7. The minimum Gasteiger partial charge on any atom is -0.493 e. The quantitative estimate of drug-likeness (QED) is 0.882. The van der Waals surface area contributed by atoms with Crippen LogP contribution in [0.5, 0.6) is 17.2 Å². The SMILES string of the molecule is COc1cc(C(=O)NC2CCCNC2C)cc2c1OCCO2. The van der Waals surface area contributed by atoms with E-state index in [2.05, 4.69) is 17.6 Å². The van der Waals surface area contributed by atoms with Gasteiger partial charge in [-0.25, -0.2) is 0 Å². The Hall–Kier alpha value is -1.95. The van der Waals surface area contributed by atoms with Crippen molar-refractivity contribution in [2.45, 2.75) is 31.8 Å². The van der Waals surface area contributed by atoms with Crippen LogP contribution in [0.15, 0.2) is 12.1 Å². The fourth-order valence-electron chi connectivity index (χ4n) is 2.90. The Morgan fingerprint density at radius 2 is 2.18 bits per heavy atom. The van der Waals surface area contributed by atoms with Gasteiger partial charge in [0.15, 0.2) is 11.5 Å². The molecule has 0 aromatic heterocycles. The van der Waals surface area contributed by atoms with Crippen molar-refractivity contribution in [1.82, 2.24) is 10.6 Å². The highest BCUT2D eigenvalue weighted by Crippen LogP contribution is 2.40. The van der Waals surface area contributed by atoms with E-state index in [4.69, 9.17) is 14.2 Å². The summed E-state index contributed by atoms with van der Waals surface area (Å²) in [5, 5.41) is 6.47. The maximum Gasteiger partial charge on any atom is 0.251 e. The molecule has 2 heterocycles. The standard InChI is InChI=1S/C16H22N2O4/c1-10-12(4-3-5-17-10)18-16(19)11-8-13(20-2)15-14(9-11)21-6-7-22-15/h8-10,12,17H,3-7H2,1-2H3,(H,18,19). The second kappa shape index (κ2) is 6.44. The molecule has 0 spiro atoms. The summed E-state index contributed by atoms with van der Waals surface area (Å²) in [6.07, 6.45) is 2.06. The molecule has 1 amide bonds. The van der Waals surface area contributed by atoms with Crippen LogP contribution >= 0.6 is 0 Å². The van der Waals surface area contributed by atoms with Gasteiger partial charge in [-0.15, -0.1) is 0 Å². The molecule has 0 radical (unpaired) electrons. The van der Waals surface area contributed by atoms with Crippen LogP contribution in [0.1, 0.15) is 30.1 Å². The fraction of sp³-hybridized carbons (Fsp3) is 0.562. The highest BCUT2D eigenvalue weighted by molar-refractivity contribution is 5.95. The summed E-state index contributed by atoms with van der Waals surface area (Å²) in [6.45, 7) is 4.06. The van der Waals surface area contributed by atoms with Crippen LogP contribution in [-0.4, -0.2) is 44.9 Å². The van der Waals surface area contributed by atoms with E-state index >= 15 is 0 Å². The third-order valence-corrected chi connectivity index (χ3v) is 4.17. The summed E-state index contributed by atoms with van der Waals surface area (Å²) in [6, 6.07) is 3.83. The maximum absolute atomic E-state index is 12.5. The van der Waals surface area contributed by atoms with Crippen LogP contribution in [0.25, 0.3) is 0 Å². The second-order valence-electron chi connectivity index (χ2n) is 5.67. The number of hydrogen-bond donors (Lipinski definition) is 2. The van der Waals surface area contributed by atoms with Crippen molar-refractivity contribution in [2.75, 3.05) is 26.9 Å². The van der Waals surface area contributed by atoms with Crippen LogP contribution in [0.3, 0.4) is 0 Å². The second-order valence-corrected chi connectivity index (χ2v) is 5.67. The molecule has 120 valence electrons. The Labute approximate surface area is 130 Å². The Morgan fingerprint density at radius 1 is 1.36 bits per heavy atom. The number of carbonyl (C=O) groups excluding carboxylic acids is 1. The molecule has 2 N–H and O–H groups in total. The van der Waals surface area contributed by atoms with Crippen molar-refractivity contribution in [3.8, 4) is 17.2 Å². The first kappa shape index (κ1) is 15.0. The summed E-state index contributed by atoms with van der Waals surface area (Å²) in [7, 11) is 1.56. The molecule has 1 aromatic carbocycles. The monoisotopic (exact) mass is 306 g/mol. The summed E-state index contributed by atoms with van der Waals surface area (Å²) >= 11 is 0. The van der Waals surface area contributed by atoms with Crippen LogP contribution in [-0.2, 0) is 0 Å². The van der Waals surface area contributed by atoms with Gasteiger partial charge in [0.1, 0.15) is 13.2 Å². The largest absolute Gasteiger partial charge is 0.493 e. The van der Waals surface area contributed by atoms with Gasteiger partial charge in [-0.2, -0.15) is 0 Å². The smallest absolute Gasteiger partial charge is 0.251 e. The molecule has 2 aliphatic rings. The van der Waals surface area contributed by atoms with E-state index in [1.807, 2.05) is 0 Å². The molecule has 1 aromatic rings. The lowest BCUT2D eigenvalue weighted by atomic mass is 9.99. The number of ether oxygens (including phenoxy) is 3. The molecule has 6 heteroatoms. The van der Waals surface area contributed by atoms with Crippen molar-refractivity contribution in [3.05, 3.63) is 17.7 Å². The Bertz CT molecular complexity index is 544. The molecule has 1 fully saturated rings. The Balaban J connectivity index is 1.80. The highest BCUT2D eigenvalue weighted by atomic mass is 16.6. The number of benzene rings is 1. The van der Waals surface area contributed by atoms with Crippen LogP contribution < -0.4 is 24.8 Å². The number of carbonyl (C=O) groups is 1. The fourth-order valence-corrected chi connectivity index (χ4v) is 2.90. The molecular weight excluding hydrogens is 284 g/mol. The number of methoxy groups -OCH3 is 1. The van der Waals surface area contributed by atoms with Crippen molar-refractivity contribution in [2.24, 2.45) is 0 Å². The zero-order chi connectivity index (χ0) is 15.5. The number of hydrogen-bond acceptors (Lipinski definition) is 5. The molecule has 0 aliphatic carbocycles. The van der Waals surface area contributed by atoms with Gasteiger partial charge in [0.2, 0.25) is 5.75 Å². The number of amides is 1. The zero-order valence-electron chi connectivity index (χ0n) is 13.0. The van der Waals surface area contributed by atoms with Crippen molar-refractivity contribution in [3.63, 3.8) is 0 Å². The van der Waals surface area contributed by atoms with Crippen molar-refractivity contribution < 1.29 is 19.0 Å². The topological polar surface area (TPSA) is 68.8 Å². The van der Waals surface area contributed by atoms with E-state index < -0.39 is 0 Å². The maximum atomic E-state index is 12.5. The Kier molecular flexibility index (Phi) is 4.38. The van der Waals surface area contributed by atoms with Gasteiger partial charge in [-0.1, -0.05) is 0 Å². The molecule has 2 unspecified atom stereocenters. The lowest BCUT2D eigenvalue weighted by Gasteiger charge is -2.30. The number of rotatable bonds is 3. The molecule has 22 heavy (non-hydrogen) atoms. The third kappa shape index (κ3) is 2.97. The van der Waals surface area contributed by atoms with E-state index in [9.17, 15) is 4.79 Å². The summed E-state index contributed by atoms with van der Waals surface area (Å²) in [5.74, 6) is 1.54. The summed E-state index contributed by atoms with van der Waals surface area (Å²) in [4.78, 5) is 12.5. The van der Waals surface area contributed by atoms with Crippen LogP contribution in [0, 0.1) is 0 Å². The molecule has 6 nitrogen and oxygen atoms in total. The average molecular weight is 306 g/mol. The molecule has 0 saturated carbocycles. The van der Waals surface area contributed by atoms with E-state index in [1.54, 1.807) is 19.2 Å². The molecule has 0 bridgehead atoms. The van der Waals surface area contributed by atoms with Gasteiger partial charge in [-0.05, 0) is 38.4 Å². The summed E-state index contributed by atoms with van der Waals surface area (Å²) < 4.78 is 16.4. The average Bonchev–Trinajstić information content (AvgIpc) is 2.55.